The molecule has 1 aliphatic carbocycles. The smallest absolute Gasteiger partial charge is 0.368 e. The van der Waals surface area contributed by atoms with Gasteiger partial charge in [0.25, 0.3) is 0 Å². The fourth-order valence-corrected chi connectivity index (χ4v) is 2.46. The Morgan fingerprint density at radius 1 is 1.17 bits per heavy atom. The first kappa shape index (κ1) is 13.3. The van der Waals surface area contributed by atoms with Crippen molar-refractivity contribution >= 4 is 17.5 Å². The highest BCUT2D eigenvalue weighted by molar-refractivity contribution is 6.28. The minimum Gasteiger partial charge on any atom is -0.368 e. The number of aromatic nitrogens is 3. The third-order valence-corrected chi connectivity index (χ3v) is 3.31. The van der Waals surface area contributed by atoms with Crippen LogP contribution >= 0.6 is 11.6 Å². The van der Waals surface area contributed by atoms with E-state index in [4.69, 9.17) is 17.3 Å². The molecule has 0 saturated heterocycles. The average molecular weight is 281 g/mol. The first-order chi connectivity index (χ1) is 8.36. The summed E-state index contributed by atoms with van der Waals surface area (Å²) in [5.41, 5.74) is 5.42. The van der Waals surface area contributed by atoms with E-state index in [-0.39, 0.29) is 35.8 Å². The molecule has 4 nitrogen and oxygen atoms in total. The summed E-state index contributed by atoms with van der Waals surface area (Å²) in [4.78, 5) is 11.3. The van der Waals surface area contributed by atoms with Crippen molar-refractivity contribution in [3.63, 3.8) is 0 Å². The summed E-state index contributed by atoms with van der Waals surface area (Å²) in [6, 6.07) is 0. The van der Waals surface area contributed by atoms with Crippen LogP contribution in [0.15, 0.2) is 0 Å². The molecule has 2 unspecified atom stereocenters. The zero-order valence-electron chi connectivity index (χ0n) is 9.41. The Kier molecular flexibility index (Phi) is 3.61. The lowest BCUT2D eigenvalue weighted by atomic mass is 9.80. The number of nitrogens with two attached hydrogens (primary N) is 1. The molecular formula is C10H12ClF3N4. The van der Waals surface area contributed by atoms with Crippen LogP contribution in [-0.2, 0) is 0 Å². The van der Waals surface area contributed by atoms with Gasteiger partial charge in [-0.25, -0.2) is 4.98 Å². The second-order valence-corrected chi connectivity index (χ2v) is 4.76. The van der Waals surface area contributed by atoms with Crippen molar-refractivity contribution in [1.29, 1.82) is 0 Å². The molecule has 1 aliphatic rings. The van der Waals surface area contributed by atoms with E-state index in [1.807, 2.05) is 0 Å². The predicted molar refractivity (Wildman–Crippen MR) is 60.0 cm³/mol. The summed E-state index contributed by atoms with van der Waals surface area (Å²) >= 11 is 5.63. The molecule has 0 spiro atoms. The summed E-state index contributed by atoms with van der Waals surface area (Å²) in [6.07, 6.45) is -2.90. The van der Waals surface area contributed by atoms with E-state index in [9.17, 15) is 13.2 Å². The van der Waals surface area contributed by atoms with Crippen molar-refractivity contribution in [3.8, 4) is 0 Å². The third-order valence-electron chi connectivity index (χ3n) is 3.14. The molecule has 100 valence electrons. The topological polar surface area (TPSA) is 64.7 Å². The third kappa shape index (κ3) is 3.01. The van der Waals surface area contributed by atoms with Crippen molar-refractivity contribution in [3.05, 3.63) is 11.1 Å². The van der Waals surface area contributed by atoms with Gasteiger partial charge in [-0.1, -0.05) is 6.42 Å². The molecule has 1 saturated carbocycles. The van der Waals surface area contributed by atoms with Crippen LogP contribution in [0.5, 0.6) is 0 Å². The number of halogens is 4. The molecule has 0 amide bonds. The maximum atomic E-state index is 12.7. The Labute approximate surface area is 107 Å². The Morgan fingerprint density at radius 3 is 2.50 bits per heavy atom. The summed E-state index contributed by atoms with van der Waals surface area (Å²) in [5.74, 6) is -1.44. The molecule has 0 aromatic carbocycles. The number of hydrogen-bond acceptors (Lipinski definition) is 4. The van der Waals surface area contributed by atoms with Crippen LogP contribution in [-0.4, -0.2) is 21.1 Å². The Balaban J connectivity index is 2.18. The first-order valence-corrected chi connectivity index (χ1v) is 5.97. The Morgan fingerprint density at radius 2 is 1.89 bits per heavy atom. The van der Waals surface area contributed by atoms with E-state index in [1.165, 1.54) is 0 Å². The van der Waals surface area contributed by atoms with Crippen molar-refractivity contribution in [2.75, 3.05) is 5.73 Å². The summed E-state index contributed by atoms with van der Waals surface area (Å²) < 4.78 is 38.1. The molecule has 18 heavy (non-hydrogen) atoms. The summed E-state index contributed by atoms with van der Waals surface area (Å²) in [6.45, 7) is 0. The van der Waals surface area contributed by atoms with Gasteiger partial charge in [-0.3, -0.25) is 0 Å². The standard InChI is InChI=1S/C10H12ClF3N4/c11-8-16-7(17-9(15)18-8)5-2-1-3-6(4-5)10(12,13)14/h5-6H,1-4H2,(H2,15,16,17,18). The number of nitrogen functional groups attached to an aromatic ring is 1. The maximum absolute atomic E-state index is 12.7. The molecule has 1 fully saturated rings. The van der Waals surface area contributed by atoms with E-state index >= 15 is 0 Å². The fourth-order valence-electron chi connectivity index (χ4n) is 2.29. The van der Waals surface area contributed by atoms with Gasteiger partial charge in [0.2, 0.25) is 11.2 Å². The number of alkyl halides is 3. The summed E-state index contributed by atoms with van der Waals surface area (Å²) in [7, 11) is 0. The van der Waals surface area contributed by atoms with Crippen molar-refractivity contribution < 1.29 is 13.2 Å². The number of rotatable bonds is 1. The highest BCUT2D eigenvalue weighted by Gasteiger charge is 2.43. The highest BCUT2D eigenvalue weighted by Crippen LogP contribution is 2.42. The van der Waals surface area contributed by atoms with Crippen LogP contribution in [0.3, 0.4) is 0 Å². The maximum Gasteiger partial charge on any atom is 0.391 e. The molecule has 2 N–H and O–H groups in total. The molecule has 1 aromatic rings. The molecule has 8 heteroatoms. The first-order valence-electron chi connectivity index (χ1n) is 5.60. The normalized spacial score (nSPS) is 25.1. The monoisotopic (exact) mass is 280 g/mol. The SMILES string of the molecule is Nc1nc(Cl)nc(C2CCCC(C(F)(F)F)C2)n1. The second kappa shape index (κ2) is 4.87. The lowest BCUT2D eigenvalue weighted by Crippen LogP contribution is -2.28. The van der Waals surface area contributed by atoms with Gasteiger partial charge in [-0.2, -0.15) is 23.1 Å². The van der Waals surface area contributed by atoms with E-state index in [2.05, 4.69) is 15.0 Å². The molecule has 2 rings (SSSR count). The van der Waals surface area contributed by atoms with Gasteiger partial charge < -0.3 is 5.73 Å². The molecular weight excluding hydrogens is 269 g/mol. The average Bonchev–Trinajstić information content (AvgIpc) is 2.27. The molecule has 1 heterocycles. The van der Waals surface area contributed by atoms with Crippen LogP contribution in [0.1, 0.15) is 37.4 Å². The van der Waals surface area contributed by atoms with Crippen LogP contribution in [0.25, 0.3) is 0 Å². The zero-order valence-corrected chi connectivity index (χ0v) is 10.2. The van der Waals surface area contributed by atoms with Crippen LogP contribution in [0, 0.1) is 5.92 Å². The molecule has 0 aliphatic heterocycles. The van der Waals surface area contributed by atoms with Crippen molar-refractivity contribution in [1.82, 2.24) is 15.0 Å². The number of anilines is 1. The number of nitrogens with zero attached hydrogens (tertiary/aromatic N) is 3. The minimum absolute atomic E-state index is 0.0106. The predicted octanol–water partition coefficient (Wildman–Crippen LogP) is 2.94. The fraction of sp³-hybridized carbons (Fsp3) is 0.700. The van der Waals surface area contributed by atoms with Gasteiger partial charge in [-0.15, -0.1) is 0 Å². The van der Waals surface area contributed by atoms with Gasteiger partial charge in [0, 0.05) is 5.92 Å². The lowest BCUT2D eigenvalue weighted by molar-refractivity contribution is -0.183. The van der Waals surface area contributed by atoms with Gasteiger partial charge in [0.1, 0.15) is 5.82 Å². The van der Waals surface area contributed by atoms with Gasteiger partial charge in [0.15, 0.2) is 0 Å². The summed E-state index contributed by atoms with van der Waals surface area (Å²) in [5, 5.41) is -0.0772. The number of hydrogen-bond donors (Lipinski definition) is 1. The minimum atomic E-state index is -4.17. The molecule has 1 aromatic heterocycles. The van der Waals surface area contributed by atoms with E-state index < -0.39 is 12.1 Å². The molecule has 2 atom stereocenters. The zero-order chi connectivity index (χ0) is 13.3. The van der Waals surface area contributed by atoms with Gasteiger partial charge >= 0.3 is 6.18 Å². The molecule has 0 bridgehead atoms. The second-order valence-electron chi connectivity index (χ2n) is 4.42. The molecule has 0 radical (unpaired) electrons. The van der Waals surface area contributed by atoms with E-state index in [0.29, 0.717) is 12.8 Å². The van der Waals surface area contributed by atoms with E-state index in [0.717, 1.165) is 0 Å². The van der Waals surface area contributed by atoms with Crippen molar-refractivity contribution in [2.24, 2.45) is 5.92 Å². The quantitative estimate of drug-likeness (QED) is 0.859. The Hall–Kier alpha value is -1.11. The van der Waals surface area contributed by atoms with E-state index in [1.54, 1.807) is 0 Å². The van der Waals surface area contributed by atoms with Gasteiger partial charge in [-0.05, 0) is 30.9 Å². The lowest BCUT2D eigenvalue weighted by Gasteiger charge is -2.29. The largest absolute Gasteiger partial charge is 0.391 e. The van der Waals surface area contributed by atoms with Crippen LogP contribution in [0.2, 0.25) is 5.28 Å². The highest BCUT2D eigenvalue weighted by atomic mass is 35.5. The Bertz CT molecular complexity index is 417. The van der Waals surface area contributed by atoms with Crippen LogP contribution < -0.4 is 5.73 Å². The van der Waals surface area contributed by atoms with Gasteiger partial charge in [0.05, 0.1) is 5.92 Å². The van der Waals surface area contributed by atoms with Crippen molar-refractivity contribution in [2.45, 2.75) is 37.8 Å². The van der Waals surface area contributed by atoms with Crippen LogP contribution in [0.4, 0.5) is 19.1 Å².